The zero-order chi connectivity index (χ0) is 27.2. The van der Waals surface area contributed by atoms with Crippen molar-refractivity contribution in [3.63, 3.8) is 0 Å². The third-order valence-electron chi connectivity index (χ3n) is 8.31. The van der Waals surface area contributed by atoms with Crippen molar-refractivity contribution >= 4 is 23.0 Å². The van der Waals surface area contributed by atoms with Crippen molar-refractivity contribution in [3.05, 3.63) is 75.7 Å². The average Bonchev–Trinajstić information content (AvgIpc) is 3.48. The van der Waals surface area contributed by atoms with Gasteiger partial charge in [-0.3, -0.25) is 9.59 Å². The maximum atomic E-state index is 12.6. The number of hydrogen-bond donors (Lipinski definition) is 1. The van der Waals surface area contributed by atoms with Crippen LogP contribution in [-0.2, 0) is 12.8 Å². The van der Waals surface area contributed by atoms with Gasteiger partial charge in [0.25, 0.3) is 5.91 Å². The van der Waals surface area contributed by atoms with Crippen LogP contribution in [0.1, 0.15) is 88.1 Å². The number of hydrogen-bond acceptors (Lipinski definition) is 5. The Hall–Kier alpha value is -2.96. The van der Waals surface area contributed by atoms with E-state index in [4.69, 9.17) is 4.74 Å². The van der Waals surface area contributed by atoms with Crippen LogP contribution in [0.5, 0.6) is 5.75 Å². The van der Waals surface area contributed by atoms with Gasteiger partial charge in [-0.1, -0.05) is 24.3 Å². The number of benzene rings is 2. The number of carbonyl (C=O) groups is 2. The van der Waals surface area contributed by atoms with Crippen LogP contribution in [0.15, 0.2) is 48.5 Å². The number of likely N-dealkylation sites (tertiary alicyclic amines) is 1. The van der Waals surface area contributed by atoms with Gasteiger partial charge in [0, 0.05) is 17.0 Å². The second-order valence-electron chi connectivity index (χ2n) is 10.9. The summed E-state index contributed by atoms with van der Waals surface area (Å²) < 4.78 is 5.94. The minimum Gasteiger partial charge on any atom is -0.496 e. The summed E-state index contributed by atoms with van der Waals surface area (Å²) in [6.07, 6.45) is 9.35. The topological polar surface area (TPSA) is 58.6 Å². The van der Waals surface area contributed by atoms with E-state index in [9.17, 15) is 9.59 Å². The zero-order valence-electron chi connectivity index (χ0n) is 23.3. The standard InChI is InChI=1S/C33H40N2O3S/c1-23(36)30-15-16-31(39-30)26-9-11-27(12-10-26)33(37)34-19-5-6-20-35-21-17-25(18-22-35)29-14-13-24-7-3-4-8-28(24)32(29)38-2/h9-16,25H,3-8,17-22H2,1-2H3,(H,34,37). The van der Waals surface area contributed by atoms with E-state index in [0.717, 1.165) is 54.2 Å². The number of ketones is 1. The summed E-state index contributed by atoms with van der Waals surface area (Å²) in [6.45, 7) is 5.61. The molecule has 5 rings (SSSR count). The highest BCUT2D eigenvalue weighted by Gasteiger charge is 2.26. The van der Waals surface area contributed by atoms with Gasteiger partial charge >= 0.3 is 0 Å². The van der Waals surface area contributed by atoms with Gasteiger partial charge < -0.3 is 15.0 Å². The van der Waals surface area contributed by atoms with Gasteiger partial charge in [-0.05, 0) is 130 Å². The SMILES string of the molecule is COc1c(C2CCN(CCCCNC(=O)c3ccc(-c4ccc(C(C)=O)s4)cc3)CC2)ccc2c1CCCC2. The molecule has 2 aromatic carbocycles. The van der Waals surface area contributed by atoms with E-state index in [0.29, 0.717) is 18.0 Å². The predicted octanol–water partition coefficient (Wildman–Crippen LogP) is 6.89. The molecule has 0 bridgehead atoms. The number of aryl methyl sites for hydroxylation is 1. The third-order valence-corrected chi connectivity index (χ3v) is 9.55. The lowest BCUT2D eigenvalue weighted by molar-refractivity contribution is 0.0951. The highest BCUT2D eigenvalue weighted by atomic mass is 32.1. The summed E-state index contributed by atoms with van der Waals surface area (Å²) in [5, 5.41) is 3.07. The van der Waals surface area contributed by atoms with Gasteiger partial charge in [-0.15, -0.1) is 11.3 Å². The summed E-state index contributed by atoms with van der Waals surface area (Å²) >= 11 is 1.48. The maximum absolute atomic E-state index is 12.6. The highest BCUT2D eigenvalue weighted by Crippen LogP contribution is 2.40. The van der Waals surface area contributed by atoms with Gasteiger partial charge in [-0.25, -0.2) is 0 Å². The number of methoxy groups -OCH3 is 1. The van der Waals surface area contributed by atoms with Crippen molar-refractivity contribution in [3.8, 4) is 16.2 Å². The largest absolute Gasteiger partial charge is 0.496 e. The van der Waals surface area contributed by atoms with Gasteiger partial charge in [0.2, 0.25) is 0 Å². The molecule has 1 saturated heterocycles. The van der Waals surface area contributed by atoms with Gasteiger partial charge in [0.15, 0.2) is 5.78 Å². The quantitative estimate of drug-likeness (QED) is 0.223. The lowest BCUT2D eigenvalue weighted by Gasteiger charge is -2.33. The number of ether oxygens (including phenoxy) is 1. The lowest BCUT2D eigenvalue weighted by atomic mass is 9.83. The minimum absolute atomic E-state index is 0.0306. The van der Waals surface area contributed by atoms with Crippen molar-refractivity contribution in [2.45, 2.75) is 64.2 Å². The molecule has 206 valence electrons. The van der Waals surface area contributed by atoms with E-state index in [1.807, 2.05) is 43.5 Å². The van der Waals surface area contributed by atoms with Crippen LogP contribution in [0.2, 0.25) is 0 Å². The van der Waals surface area contributed by atoms with Crippen LogP contribution in [0.3, 0.4) is 0 Å². The Morgan fingerprint density at radius 2 is 1.74 bits per heavy atom. The molecule has 6 heteroatoms. The molecule has 0 radical (unpaired) electrons. The Bertz CT molecular complexity index is 1290. The van der Waals surface area contributed by atoms with Gasteiger partial charge in [0.1, 0.15) is 5.75 Å². The van der Waals surface area contributed by atoms with E-state index < -0.39 is 0 Å². The van der Waals surface area contributed by atoms with E-state index in [-0.39, 0.29) is 11.7 Å². The molecule has 1 aliphatic carbocycles. The summed E-state index contributed by atoms with van der Waals surface area (Å²) in [4.78, 5) is 28.5. The maximum Gasteiger partial charge on any atom is 0.251 e. The zero-order valence-corrected chi connectivity index (χ0v) is 24.1. The fraction of sp³-hybridized carbons (Fsp3) is 0.455. The molecule has 0 saturated carbocycles. The summed E-state index contributed by atoms with van der Waals surface area (Å²) in [5.41, 5.74) is 6.07. The van der Waals surface area contributed by atoms with Gasteiger partial charge in [-0.2, -0.15) is 0 Å². The number of fused-ring (bicyclic) bond motifs is 1. The summed E-state index contributed by atoms with van der Waals surface area (Å²) in [5.74, 6) is 1.81. The second-order valence-corrected chi connectivity index (χ2v) is 12.0. The fourth-order valence-corrected chi connectivity index (χ4v) is 6.98. The fourth-order valence-electron chi connectivity index (χ4n) is 6.07. The van der Waals surface area contributed by atoms with Crippen LogP contribution in [-0.4, -0.2) is 49.9 Å². The number of Topliss-reactive ketones (excluding diaryl/α,β-unsaturated/α-hetero) is 1. The molecule has 0 unspecified atom stereocenters. The third kappa shape index (κ3) is 6.62. The van der Waals surface area contributed by atoms with Crippen molar-refractivity contribution in [1.82, 2.24) is 10.2 Å². The molecule has 2 aliphatic rings. The average molecular weight is 545 g/mol. The smallest absolute Gasteiger partial charge is 0.251 e. The molecule has 2 heterocycles. The van der Waals surface area contributed by atoms with E-state index >= 15 is 0 Å². The van der Waals surface area contributed by atoms with Crippen LogP contribution >= 0.6 is 11.3 Å². The van der Waals surface area contributed by atoms with Crippen LogP contribution < -0.4 is 10.1 Å². The highest BCUT2D eigenvalue weighted by molar-refractivity contribution is 7.17. The number of carbonyl (C=O) groups excluding carboxylic acids is 2. The molecular weight excluding hydrogens is 504 g/mol. The minimum atomic E-state index is -0.0306. The van der Waals surface area contributed by atoms with Crippen LogP contribution in [0.4, 0.5) is 0 Å². The van der Waals surface area contributed by atoms with Crippen molar-refractivity contribution in [2.24, 2.45) is 0 Å². The first kappa shape index (κ1) is 27.6. The molecule has 39 heavy (non-hydrogen) atoms. The molecule has 3 aromatic rings. The van der Waals surface area contributed by atoms with Crippen molar-refractivity contribution < 1.29 is 14.3 Å². The number of thiophene rings is 1. The van der Waals surface area contributed by atoms with E-state index in [1.54, 1.807) is 6.92 Å². The molecule has 1 aromatic heterocycles. The number of amides is 1. The monoisotopic (exact) mass is 544 g/mol. The molecular formula is C33H40N2O3S. The second kappa shape index (κ2) is 12.9. The first-order valence-electron chi connectivity index (χ1n) is 14.4. The Kier molecular flexibility index (Phi) is 9.15. The summed E-state index contributed by atoms with van der Waals surface area (Å²) in [7, 11) is 1.84. The Labute approximate surface area is 236 Å². The van der Waals surface area contributed by atoms with E-state index in [1.165, 1.54) is 65.9 Å². The number of nitrogens with one attached hydrogen (secondary N) is 1. The molecule has 5 nitrogen and oxygen atoms in total. The van der Waals surface area contributed by atoms with Gasteiger partial charge in [0.05, 0.1) is 12.0 Å². The number of nitrogens with zero attached hydrogens (tertiary/aromatic N) is 1. The predicted molar refractivity (Wildman–Crippen MR) is 159 cm³/mol. The molecule has 0 atom stereocenters. The Balaban J connectivity index is 1.02. The number of piperidine rings is 1. The number of rotatable bonds is 10. The van der Waals surface area contributed by atoms with Crippen molar-refractivity contribution in [1.29, 1.82) is 0 Å². The molecule has 0 spiro atoms. The Morgan fingerprint density at radius 1 is 0.974 bits per heavy atom. The lowest BCUT2D eigenvalue weighted by Crippen LogP contribution is -2.34. The van der Waals surface area contributed by atoms with Crippen LogP contribution in [0.25, 0.3) is 10.4 Å². The first-order valence-corrected chi connectivity index (χ1v) is 15.3. The molecule has 1 N–H and O–H groups in total. The van der Waals surface area contributed by atoms with Crippen LogP contribution in [0, 0.1) is 0 Å². The summed E-state index contributed by atoms with van der Waals surface area (Å²) in [6, 6.07) is 16.1. The first-order chi connectivity index (χ1) is 19.0. The molecule has 1 aliphatic heterocycles. The van der Waals surface area contributed by atoms with Crippen molar-refractivity contribution in [2.75, 3.05) is 33.3 Å². The molecule has 1 amide bonds. The Morgan fingerprint density at radius 3 is 2.46 bits per heavy atom. The van der Waals surface area contributed by atoms with E-state index in [2.05, 4.69) is 22.3 Å². The number of unbranched alkanes of at least 4 members (excludes halogenated alkanes) is 1. The normalized spacial score (nSPS) is 16.1. The molecule has 1 fully saturated rings.